The normalized spacial score (nSPS) is 10.3. The number of hydrogen-bond donors (Lipinski definition) is 2. The van der Waals surface area contributed by atoms with Crippen LogP contribution in [0.15, 0.2) is 28.0 Å². The van der Waals surface area contributed by atoms with Gasteiger partial charge in [0.1, 0.15) is 10.8 Å². The molecular formula is C12H11NO4S. The molecule has 0 unspecified atom stereocenters. The number of hydrogen-bond acceptors (Lipinski definition) is 4. The van der Waals surface area contributed by atoms with Crippen molar-refractivity contribution in [2.45, 2.75) is 13.3 Å². The zero-order chi connectivity index (χ0) is 13.1. The molecule has 2 aromatic heterocycles. The third-order valence-corrected chi connectivity index (χ3v) is 3.19. The van der Waals surface area contributed by atoms with E-state index in [1.165, 1.54) is 6.07 Å². The summed E-state index contributed by atoms with van der Waals surface area (Å²) in [6, 6.07) is 4.74. The SMILES string of the molecule is CCc1ccc(C(=O)Nc2sccc2C(=O)O)o1. The highest BCUT2D eigenvalue weighted by Crippen LogP contribution is 2.24. The molecular weight excluding hydrogens is 254 g/mol. The van der Waals surface area contributed by atoms with E-state index in [4.69, 9.17) is 9.52 Å². The Morgan fingerprint density at radius 3 is 2.78 bits per heavy atom. The standard InChI is InChI=1S/C12H11NO4S/c1-2-7-3-4-9(17-7)10(14)13-11-8(12(15)16)5-6-18-11/h3-6H,2H2,1H3,(H,13,14)(H,15,16). The Balaban J connectivity index is 2.16. The second kappa shape index (κ2) is 5.05. The first-order chi connectivity index (χ1) is 8.61. The molecule has 2 aromatic rings. The fraction of sp³-hybridized carbons (Fsp3) is 0.167. The number of aromatic carboxylic acids is 1. The molecule has 0 saturated carbocycles. The smallest absolute Gasteiger partial charge is 0.338 e. The van der Waals surface area contributed by atoms with E-state index in [-0.39, 0.29) is 11.3 Å². The van der Waals surface area contributed by atoms with E-state index >= 15 is 0 Å². The van der Waals surface area contributed by atoms with Crippen molar-refractivity contribution in [1.29, 1.82) is 0 Å². The van der Waals surface area contributed by atoms with E-state index in [9.17, 15) is 9.59 Å². The Morgan fingerprint density at radius 2 is 2.17 bits per heavy atom. The van der Waals surface area contributed by atoms with Gasteiger partial charge in [0.2, 0.25) is 0 Å². The van der Waals surface area contributed by atoms with Gasteiger partial charge in [-0.1, -0.05) is 6.92 Å². The summed E-state index contributed by atoms with van der Waals surface area (Å²) in [6.45, 7) is 1.92. The molecule has 0 atom stereocenters. The lowest BCUT2D eigenvalue weighted by Gasteiger charge is -2.01. The minimum atomic E-state index is -1.07. The quantitative estimate of drug-likeness (QED) is 0.890. The first-order valence-corrected chi connectivity index (χ1v) is 6.20. The van der Waals surface area contributed by atoms with Crippen molar-refractivity contribution in [2.75, 3.05) is 5.32 Å². The van der Waals surface area contributed by atoms with Crippen molar-refractivity contribution >= 4 is 28.2 Å². The van der Waals surface area contributed by atoms with Crippen LogP contribution in [0.3, 0.4) is 0 Å². The second-order valence-electron chi connectivity index (χ2n) is 3.54. The largest absolute Gasteiger partial charge is 0.478 e. The van der Waals surface area contributed by atoms with Crippen LogP contribution in [0.1, 0.15) is 33.6 Å². The molecule has 18 heavy (non-hydrogen) atoms. The molecule has 0 bridgehead atoms. The average Bonchev–Trinajstić information content (AvgIpc) is 2.96. The van der Waals surface area contributed by atoms with Crippen molar-refractivity contribution in [2.24, 2.45) is 0 Å². The molecule has 94 valence electrons. The van der Waals surface area contributed by atoms with Crippen LogP contribution in [0.5, 0.6) is 0 Å². The summed E-state index contributed by atoms with van der Waals surface area (Å²) < 4.78 is 5.29. The summed E-state index contributed by atoms with van der Waals surface area (Å²) in [5.41, 5.74) is 0.0793. The monoisotopic (exact) mass is 265 g/mol. The van der Waals surface area contributed by atoms with E-state index in [1.54, 1.807) is 17.5 Å². The number of aryl methyl sites for hydroxylation is 1. The van der Waals surface area contributed by atoms with Crippen LogP contribution < -0.4 is 5.32 Å². The summed E-state index contributed by atoms with van der Waals surface area (Å²) in [5, 5.41) is 13.4. The Bertz CT molecular complexity index is 584. The number of carboxylic acid groups (broad SMARTS) is 1. The highest BCUT2D eigenvalue weighted by Gasteiger charge is 2.16. The van der Waals surface area contributed by atoms with Gasteiger partial charge in [0.15, 0.2) is 5.76 Å². The van der Waals surface area contributed by atoms with E-state index in [1.807, 2.05) is 6.92 Å². The van der Waals surface area contributed by atoms with Crippen LogP contribution >= 0.6 is 11.3 Å². The Kier molecular flexibility index (Phi) is 3.47. The van der Waals surface area contributed by atoms with Gasteiger partial charge in [-0.05, 0) is 23.6 Å². The predicted octanol–water partition coefficient (Wildman–Crippen LogP) is 2.85. The molecule has 0 aliphatic rings. The van der Waals surface area contributed by atoms with Crippen LogP contribution in [-0.2, 0) is 6.42 Å². The first kappa shape index (κ1) is 12.4. The number of carbonyl (C=O) groups is 2. The summed E-state index contributed by atoms with van der Waals surface area (Å²) in [4.78, 5) is 22.7. The van der Waals surface area contributed by atoms with Crippen LogP contribution in [0.4, 0.5) is 5.00 Å². The highest BCUT2D eigenvalue weighted by atomic mass is 32.1. The number of thiophene rings is 1. The first-order valence-electron chi connectivity index (χ1n) is 5.32. The molecule has 0 aliphatic heterocycles. The zero-order valence-electron chi connectivity index (χ0n) is 9.60. The van der Waals surface area contributed by atoms with Crippen molar-refractivity contribution in [3.05, 3.63) is 40.7 Å². The third-order valence-electron chi connectivity index (χ3n) is 2.36. The van der Waals surface area contributed by atoms with Gasteiger partial charge < -0.3 is 14.8 Å². The number of carboxylic acids is 1. The Hall–Kier alpha value is -2.08. The molecule has 0 fully saturated rings. The molecule has 5 nitrogen and oxygen atoms in total. The summed E-state index contributed by atoms with van der Waals surface area (Å²) in [6.07, 6.45) is 0.701. The Morgan fingerprint density at radius 1 is 1.39 bits per heavy atom. The van der Waals surface area contributed by atoms with Crippen LogP contribution in [-0.4, -0.2) is 17.0 Å². The van der Waals surface area contributed by atoms with E-state index in [2.05, 4.69) is 5.32 Å². The predicted molar refractivity (Wildman–Crippen MR) is 67.3 cm³/mol. The molecule has 0 aliphatic carbocycles. The molecule has 2 rings (SSSR count). The maximum Gasteiger partial charge on any atom is 0.338 e. The van der Waals surface area contributed by atoms with Gasteiger partial charge in [-0.15, -0.1) is 11.3 Å². The van der Waals surface area contributed by atoms with E-state index in [0.29, 0.717) is 17.2 Å². The van der Waals surface area contributed by atoms with Gasteiger partial charge in [-0.2, -0.15) is 0 Å². The van der Waals surface area contributed by atoms with Crippen LogP contribution in [0.2, 0.25) is 0 Å². The second-order valence-corrected chi connectivity index (χ2v) is 4.46. The number of nitrogens with one attached hydrogen (secondary N) is 1. The number of anilines is 1. The maximum absolute atomic E-state index is 11.8. The summed E-state index contributed by atoms with van der Waals surface area (Å²) >= 11 is 1.16. The molecule has 2 N–H and O–H groups in total. The minimum Gasteiger partial charge on any atom is -0.478 e. The summed E-state index contributed by atoms with van der Waals surface area (Å²) in [7, 11) is 0. The number of furan rings is 1. The molecule has 0 radical (unpaired) electrons. The third kappa shape index (κ3) is 2.43. The number of rotatable bonds is 4. The van der Waals surface area contributed by atoms with Gasteiger partial charge in [0.25, 0.3) is 5.91 Å². The topological polar surface area (TPSA) is 79.5 Å². The molecule has 1 amide bonds. The lowest BCUT2D eigenvalue weighted by molar-refractivity contribution is 0.0698. The molecule has 0 saturated heterocycles. The van der Waals surface area contributed by atoms with Crippen molar-refractivity contribution in [3.63, 3.8) is 0 Å². The molecule has 0 aromatic carbocycles. The molecule has 2 heterocycles. The number of amides is 1. The van der Waals surface area contributed by atoms with Crippen molar-refractivity contribution in [1.82, 2.24) is 0 Å². The Labute approximate surface area is 107 Å². The van der Waals surface area contributed by atoms with Crippen molar-refractivity contribution in [3.8, 4) is 0 Å². The van der Waals surface area contributed by atoms with E-state index in [0.717, 1.165) is 11.3 Å². The lowest BCUT2D eigenvalue weighted by Crippen LogP contribution is -2.12. The fourth-order valence-corrected chi connectivity index (χ4v) is 2.20. The molecule has 0 spiro atoms. The van der Waals surface area contributed by atoms with Gasteiger partial charge in [0, 0.05) is 6.42 Å². The summed E-state index contributed by atoms with van der Waals surface area (Å²) in [5.74, 6) is -0.624. The number of carbonyl (C=O) groups excluding carboxylic acids is 1. The van der Waals surface area contributed by atoms with Crippen LogP contribution in [0.25, 0.3) is 0 Å². The van der Waals surface area contributed by atoms with Gasteiger partial charge in [-0.3, -0.25) is 4.79 Å². The minimum absolute atomic E-state index is 0.0793. The van der Waals surface area contributed by atoms with Gasteiger partial charge in [0.05, 0.1) is 5.56 Å². The van der Waals surface area contributed by atoms with Crippen LogP contribution in [0, 0.1) is 0 Å². The fourth-order valence-electron chi connectivity index (χ4n) is 1.43. The molecule has 6 heteroatoms. The van der Waals surface area contributed by atoms with Crippen molar-refractivity contribution < 1.29 is 19.1 Å². The lowest BCUT2D eigenvalue weighted by atomic mass is 10.3. The maximum atomic E-state index is 11.8. The van der Waals surface area contributed by atoms with Gasteiger partial charge in [-0.25, -0.2) is 4.79 Å². The average molecular weight is 265 g/mol. The highest BCUT2D eigenvalue weighted by molar-refractivity contribution is 7.14. The zero-order valence-corrected chi connectivity index (χ0v) is 10.4. The van der Waals surface area contributed by atoms with Gasteiger partial charge >= 0.3 is 5.97 Å². The van der Waals surface area contributed by atoms with E-state index < -0.39 is 11.9 Å².